The number of carbonyl (C=O) groups is 2. The van der Waals surface area contributed by atoms with Gasteiger partial charge in [-0.2, -0.15) is 0 Å². The van der Waals surface area contributed by atoms with E-state index in [-0.39, 0.29) is 17.1 Å². The normalized spacial score (nSPS) is 12.4. The monoisotopic (exact) mass is 619 g/mol. The molecule has 3 aromatic carbocycles. The number of ether oxygens (including phenoxy) is 1. The first-order valence-electron chi connectivity index (χ1n) is 13.1. The third-order valence-electron chi connectivity index (χ3n) is 6.07. The Morgan fingerprint density at radius 1 is 0.976 bits per heavy atom. The highest BCUT2D eigenvalue weighted by atomic mass is 35.5. The van der Waals surface area contributed by atoms with Crippen molar-refractivity contribution in [2.75, 3.05) is 17.5 Å². The van der Waals surface area contributed by atoms with E-state index < -0.39 is 40.0 Å². The maximum atomic E-state index is 14.0. The lowest BCUT2D eigenvalue weighted by atomic mass is 10.1. The van der Waals surface area contributed by atoms with Gasteiger partial charge in [-0.1, -0.05) is 47.5 Å². The van der Waals surface area contributed by atoms with Crippen LogP contribution in [0.25, 0.3) is 0 Å². The van der Waals surface area contributed by atoms with Crippen molar-refractivity contribution in [2.24, 2.45) is 0 Å². The van der Waals surface area contributed by atoms with E-state index in [1.54, 1.807) is 67.6 Å². The minimum atomic E-state index is -4.17. The average molecular weight is 621 g/mol. The first-order chi connectivity index (χ1) is 19.2. The zero-order valence-corrected chi connectivity index (χ0v) is 26.1. The van der Waals surface area contributed by atoms with Gasteiger partial charge < -0.3 is 15.0 Å². The summed E-state index contributed by atoms with van der Waals surface area (Å²) in [6.45, 7) is 8.77. The van der Waals surface area contributed by atoms with Crippen LogP contribution in [-0.4, -0.2) is 49.9 Å². The lowest BCUT2D eigenvalue weighted by Gasteiger charge is -2.33. The number of benzene rings is 3. The van der Waals surface area contributed by atoms with Crippen LogP contribution in [0.2, 0.25) is 10.0 Å². The summed E-state index contributed by atoms with van der Waals surface area (Å²) in [5, 5.41) is 3.63. The molecule has 0 unspecified atom stereocenters. The van der Waals surface area contributed by atoms with Gasteiger partial charge in [0.1, 0.15) is 18.3 Å². The Morgan fingerprint density at radius 3 is 2.17 bits per heavy atom. The van der Waals surface area contributed by atoms with Crippen LogP contribution in [0.4, 0.5) is 5.69 Å². The largest absolute Gasteiger partial charge is 0.494 e. The Hall–Kier alpha value is -3.27. The fraction of sp³-hybridized carbons (Fsp3) is 0.333. The van der Waals surface area contributed by atoms with E-state index in [1.165, 1.54) is 17.0 Å². The molecule has 3 rings (SSSR count). The molecule has 0 saturated heterocycles. The highest BCUT2D eigenvalue weighted by Gasteiger charge is 2.33. The number of anilines is 1. The van der Waals surface area contributed by atoms with Crippen molar-refractivity contribution in [2.45, 2.75) is 57.6 Å². The fourth-order valence-corrected chi connectivity index (χ4v) is 5.92. The van der Waals surface area contributed by atoms with Gasteiger partial charge in [-0.15, -0.1) is 0 Å². The number of nitrogens with zero attached hydrogens (tertiary/aromatic N) is 2. The molecule has 0 saturated carbocycles. The molecule has 0 fully saturated rings. The van der Waals surface area contributed by atoms with Gasteiger partial charge in [0.15, 0.2) is 0 Å². The number of hydrogen-bond donors (Lipinski definition) is 1. The number of sulfonamides is 1. The molecule has 220 valence electrons. The summed E-state index contributed by atoms with van der Waals surface area (Å²) in [7, 11) is -4.17. The minimum Gasteiger partial charge on any atom is -0.494 e. The van der Waals surface area contributed by atoms with E-state index in [2.05, 4.69) is 5.32 Å². The van der Waals surface area contributed by atoms with Gasteiger partial charge in [0.25, 0.3) is 10.0 Å². The molecular weight excluding hydrogens is 585 g/mol. The second-order valence-corrected chi connectivity index (χ2v) is 13.1. The molecule has 0 heterocycles. The van der Waals surface area contributed by atoms with Crippen LogP contribution in [0.15, 0.2) is 77.7 Å². The molecule has 8 nitrogen and oxygen atoms in total. The summed E-state index contributed by atoms with van der Waals surface area (Å²) in [6, 6.07) is 18.2. The number of halogens is 2. The zero-order valence-electron chi connectivity index (χ0n) is 23.7. The Labute approximate surface area is 252 Å². The Morgan fingerprint density at radius 2 is 1.61 bits per heavy atom. The van der Waals surface area contributed by atoms with Crippen LogP contribution in [0.3, 0.4) is 0 Å². The number of hydrogen-bond acceptors (Lipinski definition) is 5. The van der Waals surface area contributed by atoms with Crippen LogP contribution >= 0.6 is 23.2 Å². The predicted octanol–water partition coefficient (Wildman–Crippen LogP) is 5.92. The van der Waals surface area contributed by atoms with Gasteiger partial charge in [-0.3, -0.25) is 13.9 Å². The maximum absolute atomic E-state index is 14.0. The summed E-state index contributed by atoms with van der Waals surface area (Å²) < 4.78 is 34.2. The van der Waals surface area contributed by atoms with E-state index in [1.807, 2.05) is 27.7 Å². The fourth-order valence-electron chi connectivity index (χ4n) is 4.01. The van der Waals surface area contributed by atoms with E-state index in [4.69, 9.17) is 27.9 Å². The van der Waals surface area contributed by atoms with Crippen LogP contribution in [0.1, 0.15) is 40.2 Å². The standard InChI is InChI=1S/C30H35Cl2N3O5S/c1-6-40-25-16-14-24(15-17-25)35(41(38,39)26-10-8-7-9-11-26)20-28(36)34(21(2)29(37)33-30(3,4)5)19-22-12-13-23(31)18-27(22)32/h7-18,21H,6,19-20H2,1-5H3,(H,33,37)/t21-/m0/s1. The molecule has 1 atom stereocenters. The van der Waals surface area contributed by atoms with Gasteiger partial charge in [-0.05, 0) is 88.7 Å². The second kappa shape index (κ2) is 13.6. The molecule has 0 aliphatic rings. The third kappa shape index (κ3) is 8.61. The van der Waals surface area contributed by atoms with Crippen molar-refractivity contribution in [1.29, 1.82) is 0 Å². The first-order valence-corrected chi connectivity index (χ1v) is 15.3. The van der Waals surface area contributed by atoms with Gasteiger partial charge in [-0.25, -0.2) is 8.42 Å². The quantitative estimate of drug-likeness (QED) is 0.287. The summed E-state index contributed by atoms with van der Waals surface area (Å²) in [5.74, 6) is -0.429. The van der Waals surface area contributed by atoms with Crippen molar-refractivity contribution < 1.29 is 22.7 Å². The lowest BCUT2D eigenvalue weighted by molar-refractivity contribution is -0.140. The van der Waals surface area contributed by atoms with Crippen molar-refractivity contribution in [3.05, 3.63) is 88.4 Å². The number of carbonyl (C=O) groups excluding carboxylic acids is 2. The molecule has 41 heavy (non-hydrogen) atoms. The van der Waals surface area contributed by atoms with E-state index in [9.17, 15) is 18.0 Å². The Kier molecular flexibility index (Phi) is 10.7. The molecular formula is C30H35Cl2N3O5S. The van der Waals surface area contributed by atoms with Crippen molar-refractivity contribution >= 4 is 50.7 Å². The summed E-state index contributed by atoms with van der Waals surface area (Å²) in [4.78, 5) is 28.6. The van der Waals surface area contributed by atoms with E-state index in [0.29, 0.717) is 28.0 Å². The minimum absolute atomic E-state index is 0.0208. The number of amides is 2. The SMILES string of the molecule is CCOc1ccc(N(CC(=O)N(Cc2ccc(Cl)cc2Cl)[C@@H](C)C(=O)NC(C)(C)C)S(=O)(=O)c2ccccc2)cc1. The Bertz CT molecular complexity index is 1460. The maximum Gasteiger partial charge on any atom is 0.264 e. The van der Waals surface area contributed by atoms with Gasteiger partial charge in [0.05, 0.1) is 17.2 Å². The lowest BCUT2D eigenvalue weighted by Crippen LogP contribution is -2.54. The highest BCUT2D eigenvalue weighted by molar-refractivity contribution is 7.92. The van der Waals surface area contributed by atoms with Crippen molar-refractivity contribution in [3.8, 4) is 5.75 Å². The van der Waals surface area contributed by atoms with Gasteiger partial charge >= 0.3 is 0 Å². The number of nitrogens with one attached hydrogen (secondary N) is 1. The summed E-state index contributed by atoms with van der Waals surface area (Å²) in [5.41, 5.74) is 0.267. The van der Waals surface area contributed by atoms with Crippen LogP contribution in [-0.2, 0) is 26.2 Å². The van der Waals surface area contributed by atoms with Gasteiger partial charge in [0, 0.05) is 22.1 Å². The van der Waals surface area contributed by atoms with Gasteiger partial charge in [0.2, 0.25) is 11.8 Å². The average Bonchev–Trinajstić information content (AvgIpc) is 2.91. The topological polar surface area (TPSA) is 96.0 Å². The van der Waals surface area contributed by atoms with E-state index in [0.717, 1.165) is 4.31 Å². The second-order valence-electron chi connectivity index (χ2n) is 10.4. The Balaban J connectivity index is 2.05. The summed E-state index contributed by atoms with van der Waals surface area (Å²) in [6.07, 6.45) is 0. The molecule has 0 aliphatic heterocycles. The molecule has 0 radical (unpaired) electrons. The molecule has 0 aromatic heterocycles. The molecule has 1 N–H and O–H groups in total. The van der Waals surface area contributed by atoms with Crippen molar-refractivity contribution in [1.82, 2.24) is 10.2 Å². The van der Waals surface area contributed by atoms with E-state index >= 15 is 0 Å². The molecule has 3 aromatic rings. The zero-order chi connectivity index (χ0) is 30.4. The van der Waals surface area contributed by atoms with Crippen LogP contribution < -0.4 is 14.4 Å². The van der Waals surface area contributed by atoms with Crippen LogP contribution in [0, 0.1) is 0 Å². The first kappa shape index (κ1) is 32.2. The summed E-state index contributed by atoms with van der Waals surface area (Å²) >= 11 is 12.5. The number of rotatable bonds is 11. The third-order valence-corrected chi connectivity index (χ3v) is 8.44. The predicted molar refractivity (Wildman–Crippen MR) is 163 cm³/mol. The van der Waals surface area contributed by atoms with Crippen LogP contribution in [0.5, 0.6) is 5.75 Å². The molecule has 0 spiro atoms. The smallest absolute Gasteiger partial charge is 0.264 e. The highest BCUT2D eigenvalue weighted by Crippen LogP contribution is 2.28. The molecule has 2 amide bonds. The molecule has 0 aliphatic carbocycles. The molecule has 11 heteroatoms. The van der Waals surface area contributed by atoms with Crippen molar-refractivity contribution in [3.63, 3.8) is 0 Å². The molecule has 0 bridgehead atoms.